The summed E-state index contributed by atoms with van der Waals surface area (Å²) in [6.45, 7) is 41.7. The predicted molar refractivity (Wildman–Crippen MR) is 348 cm³/mol. The lowest BCUT2D eigenvalue weighted by atomic mass is 9.72. The molecule has 9 nitrogen and oxygen atoms in total. The number of carbonyl (C=O) groups excluding carboxylic acids is 6. The molecule has 4 unspecified atom stereocenters. The van der Waals surface area contributed by atoms with Gasteiger partial charge in [-0.25, -0.2) is 0 Å². The zero-order chi connectivity index (χ0) is 60.5. The Morgan fingerprint density at radius 3 is 1.62 bits per heavy atom. The van der Waals surface area contributed by atoms with Crippen LogP contribution in [0, 0.1) is 40.9 Å². The van der Waals surface area contributed by atoms with E-state index in [9.17, 15) is 28.8 Å². The Balaban J connectivity index is -0.000000280. The summed E-state index contributed by atoms with van der Waals surface area (Å²) in [6, 6.07) is -0.820. The Morgan fingerprint density at radius 1 is 0.750 bits per heavy atom. The molecule has 3 N–H and O–H groups in total. The van der Waals surface area contributed by atoms with E-state index in [0.29, 0.717) is 34.4 Å². The zero-order valence-electron chi connectivity index (χ0n) is 51.0. The second-order valence-electron chi connectivity index (χ2n) is 21.7. The molecule has 1 heterocycles. The molecule has 2 rings (SSSR count). The van der Waals surface area contributed by atoms with E-state index >= 15 is 0 Å². The van der Waals surface area contributed by atoms with Crippen LogP contribution in [0.1, 0.15) is 183 Å². The maximum absolute atomic E-state index is 11.3. The quantitative estimate of drug-likeness (QED) is 0.0251. The number of nitrogens with one attached hydrogen (secondary N) is 1. The summed E-state index contributed by atoms with van der Waals surface area (Å²) in [5.41, 5.74) is 12.5. The normalized spacial score (nSPS) is 16.4. The summed E-state index contributed by atoms with van der Waals surface area (Å²) in [5.74, 6) is 4.26. The van der Waals surface area contributed by atoms with Gasteiger partial charge in [-0.05, 0) is 83.1 Å². The second kappa shape index (κ2) is 49.1. The van der Waals surface area contributed by atoms with Crippen LogP contribution in [0.3, 0.4) is 0 Å². The SMILES string of the molecule is C=C(/C=C(C)/C=C/C=C(C)/C=C/C1=C(C)CCCC1(C)C)C(C)C.CC(=O)NC(CS)C(=O)C(C)C.CC(C)C(=O)C(C)S.CC(C)C(=O)C(N)CS.CC(C)C(=O)CCCCC1CCSS1.CC(C)C(=O)CS.C[O-]. The Bertz CT molecular complexity index is 1810. The molecule has 1 aliphatic carbocycles. The fourth-order valence-corrected chi connectivity index (χ4v) is 10.8. The van der Waals surface area contributed by atoms with Crippen molar-refractivity contribution in [1.82, 2.24) is 5.32 Å². The third-order valence-electron chi connectivity index (χ3n) is 11.9. The fraction of sp³-hybridized carbons (Fsp3) is 0.705. The monoisotopic (exact) mass is 1170 g/mol. The summed E-state index contributed by atoms with van der Waals surface area (Å²) < 4.78 is 0. The Morgan fingerprint density at radius 2 is 1.28 bits per heavy atom. The molecule has 0 aromatic carbocycles. The first-order chi connectivity index (χ1) is 35.1. The highest BCUT2D eigenvalue weighted by molar-refractivity contribution is 8.77. The number of thiol groups is 4. The summed E-state index contributed by atoms with van der Waals surface area (Å²) in [4.78, 5) is 65.4. The molecule has 15 heteroatoms. The molecule has 1 saturated heterocycles. The Kier molecular flexibility index (Phi) is 53.7. The van der Waals surface area contributed by atoms with E-state index in [1.54, 1.807) is 26.3 Å². The number of hydrogen-bond donors (Lipinski definition) is 6. The van der Waals surface area contributed by atoms with Gasteiger partial charge in [0.25, 0.3) is 0 Å². The van der Waals surface area contributed by atoms with Crippen molar-refractivity contribution in [2.24, 2.45) is 46.7 Å². The minimum atomic E-state index is -0.439. The minimum Gasteiger partial charge on any atom is -0.857 e. The predicted octanol–water partition coefficient (Wildman–Crippen LogP) is 14.4. The average Bonchev–Trinajstić information content (AvgIpc) is 3.88. The molecule has 0 saturated carbocycles. The Labute approximate surface area is 495 Å². The van der Waals surface area contributed by atoms with Crippen molar-refractivity contribution >= 4 is 107 Å². The van der Waals surface area contributed by atoms with Gasteiger partial charge in [0, 0.05) is 71.2 Å². The number of ketones is 5. The van der Waals surface area contributed by atoms with E-state index in [4.69, 9.17) is 10.8 Å². The summed E-state index contributed by atoms with van der Waals surface area (Å²) in [6.07, 6.45) is 22.9. The van der Waals surface area contributed by atoms with E-state index in [-0.39, 0.29) is 69.9 Å². The van der Waals surface area contributed by atoms with Crippen molar-refractivity contribution in [3.05, 3.63) is 70.9 Å². The van der Waals surface area contributed by atoms with Crippen LogP contribution in [0.5, 0.6) is 0 Å². The molecule has 1 amide bonds. The highest BCUT2D eigenvalue weighted by Crippen LogP contribution is 2.41. The van der Waals surface area contributed by atoms with Crippen molar-refractivity contribution in [3.63, 3.8) is 0 Å². The van der Waals surface area contributed by atoms with E-state index in [1.807, 2.05) is 77.0 Å². The lowest BCUT2D eigenvalue weighted by molar-refractivity contribution is -0.325. The van der Waals surface area contributed by atoms with Crippen LogP contribution < -0.4 is 16.2 Å². The van der Waals surface area contributed by atoms with Crippen LogP contribution in [0.15, 0.2) is 70.9 Å². The van der Waals surface area contributed by atoms with Gasteiger partial charge in [0.05, 0.1) is 17.3 Å². The maximum Gasteiger partial charge on any atom is 0.217 e. The Hall–Kier alpha value is -1.72. The first-order valence-corrected chi connectivity index (χ1v) is 31.9. The van der Waals surface area contributed by atoms with Gasteiger partial charge in [0.15, 0.2) is 11.6 Å². The van der Waals surface area contributed by atoms with Crippen molar-refractivity contribution in [3.8, 4) is 0 Å². The maximum atomic E-state index is 11.3. The summed E-state index contributed by atoms with van der Waals surface area (Å²) in [5, 5.41) is 11.6. The number of Topliss-reactive ketones (excluding diaryl/α,β-unsaturated/α-hetero) is 5. The third kappa shape index (κ3) is 45.1. The molecule has 0 aromatic rings. The van der Waals surface area contributed by atoms with Crippen LogP contribution in [0.25, 0.3) is 0 Å². The lowest BCUT2D eigenvalue weighted by Crippen LogP contribution is -2.43. The van der Waals surface area contributed by atoms with Gasteiger partial charge in [-0.15, -0.1) is 0 Å². The molecule has 4 atom stereocenters. The molecule has 76 heavy (non-hydrogen) atoms. The number of carbonyl (C=O) groups is 6. The van der Waals surface area contributed by atoms with Gasteiger partial charge in [0.1, 0.15) is 17.3 Å². The van der Waals surface area contributed by atoms with Crippen LogP contribution in [0.4, 0.5) is 0 Å². The molecule has 0 radical (unpaired) electrons. The topological polar surface area (TPSA) is 164 Å². The van der Waals surface area contributed by atoms with Gasteiger partial charge < -0.3 is 16.2 Å². The average molecular weight is 1170 g/mol. The largest absolute Gasteiger partial charge is 0.857 e. The van der Waals surface area contributed by atoms with E-state index in [0.717, 1.165) is 25.2 Å². The van der Waals surface area contributed by atoms with Crippen LogP contribution in [-0.4, -0.2) is 87.5 Å². The molecule has 0 bridgehead atoms. The van der Waals surface area contributed by atoms with Gasteiger partial charge in [-0.2, -0.15) is 57.6 Å². The standard InChI is InChI=1S/C24H36.C11H20OS2.C8H15NO2S.C6H13NOS.C6H12OS.C5H10OS.CH3O/c1-18(2)22(6)17-20(4)12-9-11-19(3)14-15-23-21(5)13-10-16-24(23,7)8;1-9(2)11(12)6-4-3-5-10-7-8-13-14-10;1-5(2)8(11)7(4-12)9-6(3)10;1-4(2)6(8)5(7)3-9;1-4(2)6(7)5(3)8;1-4(2)5(6)3-7;1-2/h9,11-12,14-15,17-18H,6,10,13,16H2,1-5,7-8H3;9-10H,3-8H2,1-2H3;5,7,12H,4H2,1-3H3,(H,9,10);4-5,9H,3,7H2,1-2H3;4-5,8H,1-3H3;4,7H,3H2,1-2H3;1H3/q;;;;;;-1/b12-9+,15-14+,19-11+,20-17+;;;;;;. The summed E-state index contributed by atoms with van der Waals surface area (Å²) in [7, 11) is 4.79. The number of amides is 1. The van der Waals surface area contributed by atoms with Crippen molar-refractivity contribution in [2.75, 3.05) is 30.1 Å². The molecule has 0 spiro atoms. The van der Waals surface area contributed by atoms with Crippen LogP contribution in [0.2, 0.25) is 0 Å². The van der Waals surface area contributed by atoms with Crippen LogP contribution in [-0.2, 0) is 28.8 Å². The molecule has 1 aliphatic heterocycles. The highest BCUT2D eigenvalue weighted by Gasteiger charge is 2.26. The fourth-order valence-electron chi connectivity index (χ4n) is 6.70. The lowest BCUT2D eigenvalue weighted by Gasteiger charge is -2.32. The molecule has 0 aromatic heterocycles. The smallest absolute Gasteiger partial charge is 0.217 e. The second-order valence-corrected chi connectivity index (χ2v) is 26.3. The number of nitrogens with two attached hydrogens (primary N) is 1. The first-order valence-electron chi connectivity index (χ1n) is 27.1. The number of hydrogen-bond acceptors (Lipinski definition) is 14. The van der Waals surface area contributed by atoms with E-state index < -0.39 is 6.04 Å². The van der Waals surface area contributed by atoms with Gasteiger partial charge in [0.2, 0.25) is 5.91 Å². The molecule has 442 valence electrons. The molecule has 1 fully saturated rings. The minimum absolute atomic E-state index is 0.0280. The molecular formula is C61H109N2O7S6-. The van der Waals surface area contributed by atoms with Crippen molar-refractivity contribution < 1.29 is 33.9 Å². The number of rotatable bonds is 23. The van der Waals surface area contributed by atoms with Crippen molar-refractivity contribution in [1.29, 1.82) is 0 Å². The van der Waals surface area contributed by atoms with Gasteiger partial charge in [-0.3, -0.25) is 28.8 Å². The van der Waals surface area contributed by atoms with Crippen molar-refractivity contribution in [2.45, 2.75) is 206 Å². The van der Waals surface area contributed by atoms with E-state index in [1.165, 1.54) is 73.5 Å². The number of allylic oxidation sites excluding steroid dienone is 11. The number of unbranched alkanes of at least 4 members (excludes halogenated alkanes) is 1. The highest BCUT2D eigenvalue weighted by atomic mass is 33.1. The van der Waals surface area contributed by atoms with Gasteiger partial charge in [-0.1, -0.05) is 190 Å². The first kappa shape index (κ1) is 83.1. The van der Waals surface area contributed by atoms with Crippen LogP contribution >= 0.6 is 72.1 Å². The van der Waals surface area contributed by atoms with Gasteiger partial charge >= 0.3 is 0 Å². The van der Waals surface area contributed by atoms with E-state index in [2.05, 4.69) is 147 Å². The molecule has 2 aliphatic rings. The molecular weight excluding hydrogens is 1070 g/mol. The summed E-state index contributed by atoms with van der Waals surface area (Å²) >= 11 is 15.7. The zero-order valence-corrected chi connectivity index (χ0v) is 56.2. The third-order valence-corrected chi connectivity index (χ3v) is 16.2.